The van der Waals surface area contributed by atoms with Gasteiger partial charge in [-0.3, -0.25) is 9.59 Å². The minimum Gasteiger partial charge on any atom is -0.355 e. The molecule has 2 aromatic carbocycles. The highest BCUT2D eigenvalue weighted by molar-refractivity contribution is 9.10. The highest BCUT2D eigenvalue weighted by Gasteiger charge is 2.25. The quantitative estimate of drug-likeness (QED) is 0.594. The molecule has 1 atom stereocenters. The maximum atomic E-state index is 12.9. The van der Waals surface area contributed by atoms with Crippen LogP contribution in [0.1, 0.15) is 30.5 Å². The highest BCUT2D eigenvalue weighted by Crippen LogP contribution is 2.18. The van der Waals surface area contributed by atoms with Crippen molar-refractivity contribution in [2.45, 2.75) is 39.1 Å². The normalized spacial score (nSPS) is 11.7. The number of benzene rings is 2. The molecule has 0 aromatic heterocycles. The number of thioether (sulfide) groups is 1. The zero-order valence-electron chi connectivity index (χ0n) is 16.6. The molecular formula is C22H27BrN2O2S. The van der Waals surface area contributed by atoms with Crippen molar-refractivity contribution in [3.63, 3.8) is 0 Å². The van der Waals surface area contributed by atoms with Crippen molar-refractivity contribution < 1.29 is 9.59 Å². The number of halogens is 1. The van der Waals surface area contributed by atoms with Crippen molar-refractivity contribution in [2.24, 2.45) is 0 Å². The van der Waals surface area contributed by atoms with Crippen LogP contribution >= 0.6 is 27.7 Å². The molecule has 2 aromatic rings. The molecule has 0 aliphatic heterocycles. The molecule has 2 rings (SSSR count). The van der Waals surface area contributed by atoms with E-state index in [1.54, 1.807) is 23.6 Å². The van der Waals surface area contributed by atoms with Gasteiger partial charge in [-0.2, -0.15) is 0 Å². The summed E-state index contributed by atoms with van der Waals surface area (Å²) in [5.74, 6) is 0.947. The van der Waals surface area contributed by atoms with Crippen LogP contribution < -0.4 is 5.32 Å². The molecule has 0 radical (unpaired) electrons. The second-order valence-corrected chi connectivity index (χ2v) is 8.60. The van der Waals surface area contributed by atoms with Crippen LogP contribution in [0.2, 0.25) is 0 Å². The summed E-state index contributed by atoms with van der Waals surface area (Å²) in [5.41, 5.74) is 3.40. The van der Waals surface area contributed by atoms with E-state index in [9.17, 15) is 9.59 Å². The Bertz CT molecular complexity index is 795. The average molecular weight is 463 g/mol. The largest absolute Gasteiger partial charge is 0.355 e. The lowest BCUT2D eigenvalue weighted by atomic mass is 10.1. The van der Waals surface area contributed by atoms with Crippen LogP contribution in [0.15, 0.2) is 53.0 Å². The number of carbonyl (C=O) groups excluding carboxylic acids is 2. The van der Waals surface area contributed by atoms with Gasteiger partial charge in [0, 0.05) is 23.3 Å². The summed E-state index contributed by atoms with van der Waals surface area (Å²) in [6.45, 7) is 6.67. The summed E-state index contributed by atoms with van der Waals surface area (Å²) < 4.78 is 0.955. The third-order valence-corrected chi connectivity index (χ3v) is 5.86. The molecule has 0 fully saturated rings. The van der Waals surface area contributed by atoms with E-state index in [4.69, 9.17) is 0 Å². The van der Waals surface area contributed by atoms with Crippen molar-refractivity contribution in [3.8, 4) is 0 Å². The van der Waals surface area contributed by atoms with E-state index in [0.717, 1.165) is 15.8 Å². The number of amides is 2. The first-order chi connectivity index (χ1) is 13.4. The molecule has 0 saturated heterocycles. The van der Waals surface area contributed by atoms with Crippen LogP contribution in [0.4, 0.5) is 0 Å². The zero-order valence-corrected chi connectivity index (χ0v) is 19.0. The Hall–Kier alpha value is -1.79. The van der Waals surface area contributed by atoms with E-state index in [-0.39, 0.29) is 11.8 Å². The third kappa shape index (κ3) is 6.99. The first-order valence-electron chi connectivity index (χ1n) is 9.35. The minimum absolute atomic E-state index is 0.0316. The van der Waals surface area contributed by atoms with E-state index in [0.29, 0.717) is 18.8 Å². The lowest BCUT2D eigenvalue weighted by Crippen LogP contribution is -2.48. The van der Waals surface area contributed by atoms with Gasteiger partial charge in [0.2, 0.25) is 11.8 Å². The number of hydrogen-bond donors (Lipinski definition) is 1. The number of carbonyl (C=O) groups is 2. The molecule has 0 saturated carbocycles. The van der Waals surface area contributed by atoms with Gasteiger partial charge in [0.15, 0.2) is 0 Å². The van der Waals surface area contributed by atoms with Gasteiger partial charge in [-0.15, -0.1) is 11.8 Å². The zero-order chi connectivity index (χ0) is 20.5. The minimum atomic E-state index is -0.522. The number of aryl methyl sites for hydroxylation is 1. The summed E-state index contributed by atoms with van der Waals surface area (Å²) in [6.07, 6.45) is 0. The molecule has 0 aliphatic carbocycles. The smallest absolute Gasteiger partial charge is 0.242 e. The summed E-state index contributed by atoms with van der Waals surface area (Å²) in [4.78, 5) is 27.0. The Morgan fingerprint density at radius 1 is 1.14 bits per heavy atom. The fourth-order valence-electron chi connectivity index (χ4n) is 2.76. The molecule has 1 unspecified atom stereocenters. The fourth-order valence-corrected chi connectivity index (χ4v) is 4.08. The SMILES string of the molecule is CCNC(=O)C(C)N(Cc1cccc(Br)c1)C(=O)CSCc1ccc(C)cc1. The van der Waals surface area contributed by atoms with Gasteiger partial charge in [0.1, 0.15) is 6.04 Å². The molecule has 1 N–H and O–H groups in total. The van der Waals surface area contributed by atoms with Crippen LogP contribution in [0.5, 0.6) is 0 Å². The number of rotatable bonds is 9. The van der Waals surface area contributed by atoms with E-state index in [1.165, 1.54) is 11.1 Å². The predicted molar refractivity (Wildman–Crippen MR) is 120 cm³/mol. The summed E-state index contributed by atoms with van der Waals surface area (Å²) in [6, 6.07) is 15.6. The monoisotopic (exact) mass is 462 g/mol. The third-order valence-electron chi connectivity index (χ3n) is 4.38. The molecular weight excluding hydrogens is 436 g/mol. The van der Waals surface area contributed by atoms with Gasteiger partial charge in [-0.05, 0) is 44.0 Å². The molecule has 6 heteroatoms. The van der Waals surface area contributed by atoms with Gasteiger partial charge in [-0.25, -0.2) is 0 Å². The van der Waals surface area contributed by atoms with Crippen molar-refractivity contribution >= 4 is 39.5 Å². The molecule has 0 bridgehead atoms. The van der Waals surface area contributed by atoms with E-state index >= 15 is 0 Å². The van der Waals surface area contributed by atoms with Gasteiger partial charge in [-0.1, -0.05) is 57.9 Å². The fraction of sp³-hybridized carbons (Fsp3) is 0.364. The first-order valence-corrected chi connectivity index (χ1v) is 11.3. The van der Waals surface area contributed by atoms with Crippen LogP contribution in [0, 0.1) is 6.92 Å². The number of hydrogen-bond acceptors (Lipinski definition) is 3. The Balaban J connectivity index is 2.04. The predicted octanol–water partition coefficient (Wildman–Crippen LogP) is 4.54. The Kier molecular flexibility index (Phi) is 9.06. The molecule has 4 nitrogen and oxygen atoms in total. The lowest BCUT2D eigenvalue weighted by Gasteiger charge is -2.28. The number of nitrogens with one attached hydrogen (secondary N) is 1. The van der Waals surface area contributed by atoms with Crippen molar-refractivity contribution in [2.75, 3.05) is 12.3 Å². The van der Waals surface area contributed by atoms with Gasteiger partial charge in [0.05, 0.1) is 5.75 Å². The molecule has 150 valence electrons. The van der Waals surface area contributed by atoms with E-state index < -0.39 is 6.04 Å². The Morgan fingerprint density at radius 2 is 1.86 bits per heavy atom. The van der Waals surface area contributed by atoms with Gasteiger partial charge >= 0.3 is 0 Å². The Labute approximate surface area is 180 Å². The van der Waals surface area contributed by atoms with Crippen molar-refractivity contribution in [1.82, 2.24) is 10.2 Å². The van der Waals surface area contributed by atoms with Crippen LogP contribution in [-0.4, -0.2) is 35.1 Å². The van der Waals surface area contributed by atoms with E-state index in [1.807, 2.05) is 31.2 Å². The maximum Gasteiger partial charge on any atom is 0.242 e. The summed E-state index contributed by atoms with van der Waals surface area (Å²) in [5, 5.41) is 2.82. The van der Waals surface area contributed by atoms with Crippen molar-refractivity contribution in [3.05, 3.63) is 69.7 Å². The maximum absolute atomic E-state index is 12.9. The summed E-state index contributed by atoms with van der Waals surface area (Å²) >= 11 is 5.04. The second kappa shape index (κ2) is 11.3. The number of nitrogens with zero attached hydrogens (tertiary/aromatic N) is 1. The van der Waals surface area contributed by atoms with Crippen LogP contribution in [-0.2, 0) is 21.9 Å². The Morgan fingerprint density at radius 3 is 2.50 bits per heavy atom. The topological polar surface area (TPSA) is 49.4 Å². The second-order valence-electron chi connectivity index (χ2n) is 6.70. The standard InChI is InChI=1S/C22H27BrN2O2S/c1-4-24-22(27)17(3)25(13-19-6-5-7-20(23)12-19)21(26)15-28-14-18-10-8-16(2)9-11-18/h5-12,17H,4,13-15H2,1-3H3,(H,24,27). The number of likely N-dealkylation sites (N-methyl/N-ethyl adjacent to an activating group) is 1. The average Bonchev–Trinajstić information content (AvgIpc) is 2.67. The van der Waals surface area contributed by atoms with Crippen molar-refractivity contribution in [1.29, 1.82) is 0 Å². The molecule has 0 aliphatic rings. The highest BCUT2D eigenvalue weighted by atomic mass is 79.9. The summed E-state index contributed by atoms with van der Waals surface area (Å²) in [7, 11) is 0. The molecule has 0 spiro atoms. The van der Waals surface area contributed by atoms with Crippen LogP contribution in [0.25, 0.3) is 0 Å². The van der Waals surface area contributed by atoms with Gasteiger partial charge < -0.3 is 10.2 Å². The molecule has 2 amide bonds. The van der Waals surface area contributed by atoms with Gasteiger partial charge in [0.25, 0.3) is 0 Å². The lowest BCUT2D eigenvalue weighted by molar-refractivity contribution is -0.138. The van der Waals surface area contributed by atoms with E-state index in [2.05, 4.69) is 52.4 Å². The first kappa shape index (κ1) is 22.5. The molecule has 28 heavy (non-hydrogen) atoms. The molecule has 0 heterocycles. The van der Waals surface area contributed by atoms with Crippen LogP contribution in [0.3, 0.4) is 0 Å².